The fourth-order valence-electron chi connectivity index (χ4n) is 6.25. The van der Waals surface area contributed by atoms with Gasteiger partial charge in [-0.1, -0.05) is 104 Å². The molecule has 43 heavy (non-hydrogen) atoms. The highest BCUT2D eigenvalue weighted by molar-refractivity contribution is 6.63. The minimum atomic E-state index is -0.745. The molecule has 0 radical (unpaired) electrons. The predicted octanol–water partition coefficient (Wildman–Crippen LogP) is 8.37. The van der Waals surface area contributed by atoms with Gasteiger partial charge in [-0.25, -0.2) is 0 Å². The number of carboxylic acid groups (broad SMARTS) is 2. The molecule has 0 saturated heterocycles. The molecule has 0 aromatic carbocycles. The molecule has 8 nitrogen and oxygen atoms in total. The lowest BCUT2D eigenvalue weighted by atomic mass is 9.71. The summed E-state index contributed by atoms with van der Waals surface area (Å²) < 4.78 is 0. The third-order valence-electron chi connectivity index (χ3n) is 8.96. The zero-order valence-corrected chi connectivity index (χ0v) is 28.1. The number of hydrogen-bond donors (Lipinski definition) is 4. The van der Waals surface area contributed by atoms with Crippen molar-refractivity contribution < 1.29 is 29.4 Å². The van der Waals surface area contributed by atoms with E-state index in [2.05, 4.69) is 19.2 Å². The highest BCUT2D eigenvalue weighted by Crippen LogP contribution is 2.39. The van der Waals surface area contributed by atoms with Gasteiger partial charge < -0.3 is 21.3 Å². The molecule has 0 aromatic rings. The van der Waals surface area contributed by atoms with Gasteiger partial charge in [0, 0.05) is 19.4 Å². The molecular weight excluding hydrogens is 568 g/mol. The quantitative estimate of drug-likeness (QED) is 0.0827. The van der Waals surface area contributed by atoms with Crippen LogP contribution in [0.2, 0.25) is 0 Å². The molecule has 9 heteroatoms. The van der Waals surface area contributed by atoms with E-state index in [1.165, 1.54) is 51.4 Å². The first-order chi connectivity index (χ1) is 20.5. The zero-order chi connectivity index (χ0) is 32.4. The number of carboxylic acids is 2. The van der Waals surface area contributed by atoms with Crippen molar-refractivity contribution in [2.45, 2.75) is 168 Å². The molecule has 0 unspecified atom stereocenters. The van der Waals surface area contributed by atoms with E-state index in [4.69, 9.17) is 27.5 Å². The third kappa shape index (κ3) is 22.5. The number of amides is 1. The number of hydrogen-bond acceptors (Lipinski definition) is 5. The second-order valence-electron chi connectivity index (χ2n) is 12.9. The standard InChI is InChI=1S/C17H31NO3.C9H17NO2.C8H15ClO/c1-2-3-4-5-7-10-15(19)18-14-17(13-16(20)21)11-8-6-9-12-17;10-7-9(6-8(11)12)4-2-1-3-5-9;1-2-3-4-5-6-7-8(9)10/h2-14H2,1H3,(H,18,19)(H,20,21);1-7,10H2,(H,11,12);2-7H2,1H3. The van der Waals surface area contributed by atoms with Crippen molar-refractivity contribution in [1.29, 1.82) is 0 Å². The Bertz CT molecular complexity index is 764. The Labute approximate surface area is 266 Å². The molecule has 5 N–H and O–H groups in total. The summed E-state index contributed by atoms with van der Waals surface area (Å²) in [6.07, 6.45) is 23.9. The number of unbranched alkanes of at least 4 members (excludes halogenated alkanes) is 8. The Balaban J connectivity index is 0.000000678. The summed E-state index contributed by atoms with van der Waals surface area (Å²) in [5.74, 6) is -1.37. The first-order valence-corrected chi connectivity index (χ1v) is 17.5. The molecule has 0 bridgehead atoms. The Morgan fingerprint density at radius 3 is 1.49 bits per heavy atom. The Morgan fingerprint density at radius 1 is 0.651 bits per heavy atom. The fraction of sp³-hybridized carbons (Fsp3) is 0.882. The molecule has 2 fully saturated rings. The summed E-state index contributed by atoms with van der Waals surface area (Å²) in [6, 6.07) is 0. The van der Waals surface area contributed by atoms with E-state index in [0.717, 1.165) is 77.0 Å². The normalized spacial score (nSPS) is 16.9. The monoisotopic (exact) mass is 630 g/mol. The summed E-state index contributed by atoms with van der Waals surface area (Å²) in [7, 11) is 0. The number of nitrogens with one attached hydrogen (secondary N) is 1. The SMILES string of the molecule is CCCCCCCC(=O)Cl.CCCCCCCC(=O)NCC1(CC(=O)O)CCCCC1.NCC1(CC(=O)O)CCCCC1. The van der Waals surface area contributed by atoms with Crippen molar-refractivity contribution in [1.82, 2.24) is 5.32 Å². The topological polar surface area (TPSA) is 147 Å². The summed E-state index contributed by atoms with van der Waals surface area (Å²) in [6.45, 7) is 5.41. The third-order valence-corrected chi connectivity index (χ3v) is 9.15. The molecule has 0 aromatic heterocycles. The highest BCUT2D eigenvalue weighted by Gasteiger charge is 2.35. The first kappa shape index (κ1) is 41.3. The molecule has 2 aliphatic rings. The Morgan fingerprint density at radius 2 is 1.07 bits per heavy atom. The van der Waals surface area contributed by atoms with E-state index in [1.54, 1.807) is 0 Å². The minimum absolute atomic E-state index is 0.0793. The predicted molar refractivity (Wildman–Crippen MR) is 175 cm³/mol. The Kier molecular flexibility index (Phi) is 24.6. The first-order valence-electron chi connectivity index (χ1n) is 17.1. The second kappa shape index (κ2) is 25.6. The van der Waals surface area contributed by atoms with E-state index in [0.29, 0.717) is 25.9 Å². The van der Waals surface area contributed by atoms with Crippen LogP contribution in [-0.2, 0) is 19.2 Å². The van der Waals surface area contributed by atoms with Crippen LogP contribution < -0.4 is 11.1 Å². The number of carbonyl (C=O) groups is 4. The van der Waals surface area contributed by atoms with Gasteiger partial charge in [0.25, 0.3) is 0 Å². The molecule has 2 aliphatic carbocycles. The van der Waals surface area contributed by atoms with Crippen molar-refractivity contribution in [3.63, 3.8) is 0 Å². The minimum Gasteiger partial charge on any atom is -0.481 e. The lowest BCUT2D eigenvalue weighted by Crippen LogP contribution is -2.40. The van der Waals surface area contributed by atoms with Gasteiger partial charge in [-0.3, -0.25) is 19.2 Å². The smallest absolute Gasteiger partial charge is 0.303 e. The molecule has 252 valence electrons. The molecule has 2 saturated carbocycles. The van der Waals surface area contributed by atoms with Crippen LogP contribution in [0.4, 0.5) is 0 Å². The van der Waals surface area contributed by atoms with Crippen molar-refractivity contribution >= 4 is 34.7 Å². The van der Waals surface area contributed by atoms with Crippen LogP contribution in [0.5, 0.6) is 0 Å². The summed E-state index contributed by atoms with van der Waals surface area (Å²) >= 11 is 5.15. The second-order valence-corrected chi connectivity index (χ2v) is 13.3. The summed E-state index contributed by atoms with van der Waals surface area (Å²) in [5.41, 5.74) is 5.34. The molecule has 1 amide bonds. The van der Waals surface area contributed by atoms with Crippen LogP contribution in [0.1, 0.15) is 168 Å². The van der Waals surface area contributed by atoms with Crippen LogP contribution >= 0.6 is 11.6 Å². The van der Waals surface area contributed by atoms with E-state index in [9.17, 15) is 19.2 Å². The number of aliphatic carboxylic acids is 2. The van der Waals surface area contributed by atoms with Crippen LogP contribution in [0.15, 0.2) is 0 Å². The average Bonchev–Trinajstić information content (AvgIpc) is 2.97. The van der Waals surface area contributed by atoms with E-state index in [1.807, 2.05) is 0 Å². The fourth-order valence-corrected chi connectivity index (χ4v) is 6.38. The number of rotatable bonds is 19. The van der Waals surface area contributed by atoms with Crippen LogP contribution in [0, 0.1) is 10.8 Å². The van der Waals surface area contributed by atoms with Crippen molar-refractivity contribution in [3.8, 4) is 0 Å². The maximum absolute atomic E-state index is 11.9. The summed E-state index contributed by atoms with van der Waals surface area (Å²) in [4.78, 5) is 43.8. The molecule has 0 spiro atoms. The van der Waals surface area contributed by atoms with Gasteiger partial charge in [0.1, 0.15) is 0 Å². The summed E-state index contributed by atoms with van der Waals surface area (Å²) in [5, 5.41) is 20.6. The van der Waals surface area contributed by atoms with Crippen LogP contribution in [0.3, 0.4) is 0 Å². The van der Waals surface area contributed by atoms with Crippen molar-refractivity contribution in [3.05, 3.63) is 0 Å². The van der Waals surface area contributed by atoms with Gasteiger partial charge in [0.2, 0.25) is 11.1 Å². The molecule has 0 heterocycles. The van der Waals surface area contributed by atoms with E-state index in [-0.39, 0.29) is 34.8 Å². The van der Waals surface area contributed by atoms with E-state index < -0.39 is 11.9 Å². The molecule has 0 aliphatic heterocycles. The van der Waals surface area contributed by atoms with Gasteiger partial charge in [0.15, 0.2) is 0 Å². The number of nitrogens with two attached hydrogens (primary N) is 1. The zero-order valence-electron chi connectivity index (χ0n) is 27.4. The molecule has 2 rings (SSSR count). The largest absolute Gasteiger partial charge is 0.481 e. The van der Waals surface area contributed by atoms with Crippen LogP contribution in [0.25, 0.3) is 0 Å². The van der Waals surface area contributed by atoms with Gasteiger partial charge in [0.05, 0.1) is 12.8 Å². The Hall–Kier alpha value is -1.67. The van der Waals surface area contributed by atoms with Gasteiger partial charge in [-0.05, 0) is 67.5 Å². The maximum Gasteiger partial charge on any atom is 0.303 e. The highest BCUT2D eigenvalue weighted by atomic mass is 35.5. The lowest BCUT2D eigenvalue weighted by molar-refractivity contribution is -0.141. The number of carbonyl (C=O) groups excluding carboxylic acids is 2. The van der Waals surface area contributed by atoms with Crippen molar-refractivity contribution in [2.24, 2.45) is 16.6 Å². The number of halogens is 1. The van der Waals surface area contributed by atoms with E-state index >= 15 is 0 Å². The molecule has 0 atom stereocenters. The van der Waals surface area contributed by atoms with Crippen molar-refractivity contribution in [2.75, 3.05) is 13.1 Å². The van der Waals surface area contributed by atoms with Gasteiger partial charge in [-0.2, -0.15) is 0 Å². The van der Waals surface area contributed by atoms with Gasteiger partial charge in [-0.15, -0.1) is 0 Å². The maximum atomic E-state index is 11.9. The molecular formula is C34H63ClN2O6. The van der Waals surface area contributed by atoms with Crippen LogP contribution in [-0.4, -0.2) is 46.4 Å². The van der Waals surface area contributed by atoms with Gasteiger partial charge >= 0.3 is 11.9 Å². The lowest BCUT2D eigenvalue weighted by Gasteiger charge is -2.36. The average molecular weight is 631 g/mol.